The van der Waals surface area contributed by atoms with E-state index in [0.717, 1.165) is 12.8 Å². The summed E-state index contributed by atoms with van der Waals surface area (Å²) in [6.45, 7) is 2.69. The standard InChI is InChI=1S/C19H35NO3/c1-2-3-4-5-6-7-8-9-10-11-12-13-14-18(21)20-17-15-16-23-19(17)22/h17H,2-16H2,1H3,(H,20,21). The number of hydrogen-bond donors (Lipinski definition) is 1. The van der Waals surface area contributed by atoms with Gasteiger partial charge < -0.3 is 10.1 Å². The zero-order valence-corrected chi connectivity index (χ0v) is 14.9. The molecule has 1 fully saturated rings. The molecule has 1 unspecified atom stereocenters. The second-order valence-electron chi connectivity index (χ2n) is 6.72. The minimum absolute atomic E-state index is 0.0130. The van der Waals surface area contributed by atoms with Crippen LogP contribution in [-0.4, -0.2) is 24.5 Å². The molecular weight excluding hydrogens is 290 g/mol. The van der Waals surface area contributed by atoms with Crippen LogP contribution in [0.15, 0.2) is 0 Å². The fourth-order valence-electron chi connectivity index (χ4n) is 3.02. The van der Waals surface area contributed by atoms with Crippen LogP contribution in [0.4, 0.5) is 0 Å². The summed E-state index contributed by atoms with van der Waals surface area (Å²) in [5, 5.41) is 2.75. The molecule has 1 amide bonds. The lowest BCUT2D eigenvalue weighted by molar-refractivity contribution is -0.141. The number of cyclic esters (lactones) is 1. The number of hydrogen-bond acceptors (Lipinski definition) is 3. The zero-order chi connectivity index (χ0) is 16.8. The molecule has 23 heavy (non-hydrogen) atoms. The molecule has 1 atom stereocenters. The predicted molar refractivity (Wildman–Crippen MR) is 93.2 cm³/mol. The molecule has 1 aliphatic rings. The van der Waals surface area contributed by atoms with Crippen molar-refractivity contribution >= 4 is 11.9 Å². The topological polar surface area (TPSA) is 55.4 Å². The van der Waals surface area contributed by atoms with Crippen LogP contribution in [0.3, 0.4) is 0 Å². The molecule has 0 aliphatic carbocycles. The van der Waals surface area contributed by atoms with Crippen molar-refractivity contribution in [1.29, 1.82) is 0 Å². The molecule has 1 saturated heterocycles. The Hall–Kier alpha value is -1.06. The average molecular weight is 325 g/mol. The van der Waals surface area contributed by atoms with Crippen LogP contribution in [0.25, 0.3) is 0 Å². The highest BCUT2D eigenvalue weighted by molar-refractivity contribution is 5.85. The van der Waals surface area contributed by atoms with E-state index in [1.54, 1.807) is 0 Å². The van der Waals surface area contributed by atoms with Crippen molar-refractivity contribution in [3.05, 3.63) is 0 Å². The molecule has 0 spiro atoms. The second kappa shape index (κ2) is 13.4. The Morgan fingerprint density at radius 2 is 1.48 bits per heavy atom. The summed E-state index contributed by atoms with van der Waals surface area (Å²) >= 11 is 0. The summed E-state index contributed by atoms with van der Waals surface area (Å²) in [4.78, 5) is 23.0. The van der Waals surface area contributed by atoms with E-state index in [1.807, 2.05) is 0 Å². The highest BCUT2D eigenvalue weighted by atomic mass is 16.5. The fourth-order valence-corrected chi connectivity index (χ4v) is 3.02. The van der Waals surface area contributed by atoms with Gasteiger partial charge in [-0.1, -0.05) is 77.6 Å². The van der Waals surface area contributed by atoms with Crippen molar-refractivity contribution in [2.75, 3.05) is 6.61 Å². The van der Waals surface area contributed by atoms with Gasteiger partial charge in [0, 0.05) is 12.8 Å². The lowest BCUT2D eigenvalue weighted by Gasteiger charge is -2.08. The van der Waals surface area contributed by atoms with Crippen molar-refractivity contribution in [2.45, 2.75) is 103 Å². The molecule has 0 saturated carbocycles. The van der Waals surface area contributed by atoms with E-state index in [-0.39, 0.29) is 11.9 Å². The van der Waals surface area contributed by atoms with Crippen LogP contribution in [0.2, 0.25) is 0 Å². The summed E-state index contributed by atoms with van der Waals surface area (Å²) < 4.78 is 4.83. The molecule has 0 aromatic heterocycles. The van der Waals surface area contributed by atoms with Crippen LogP contribution >= 0.6 is 0 Å². The number of amides is 1. The third-order valence-corrected chi connectivity index (χ3v) is 4.53. The molecule has 1 N–H and O–H groups in total. The first-order valence-corrected chi connectivity index (χ1v) is 9.70. The van der Waals surface area contributed by atoms with Crippen LogP contribution in [0.5, 0.6) is 0 Å². The SMILES string of the molecule is CCCCCCCCCCCCCCC(=O)NC1CCOC1=O. The summed E-state index contributed by atoms with van der Waals surface area (Å²) in [6.07, 6.45) is 16.6. The smallest absolute Gasteiger partial charge is 0.328 e. The third-order valence-electron chi connectivity index (χ3n) is 4.53. The van der Waals surface area contributed by atoms with Crippen LogP contribution < -0.4 is 5.32 Å². The number of ether oxygens (including phenoxy) is 1. The van der Waals surface area contributed by atoms with Gasteiger partial charge >= 0.3 is 5.97 Å². The Morgan fingerprint density at radius 1 is 0.957 bits per heavy atom. The number of rotatable bonds is 14. The van der Waals surface area contributed by atoms with Gasteiger partial charge in [-0.15, -0.1) is 0 Å². The summed E-state index contributed by atoms with van der Waals surface area (Å²) in [6, 6.07) is -0.403. The first-order chi connectivity index (χ1) is 11.2. The molecule has 4 heteroatoms. The Labute approximate surface area is 141 Å². The maximum absolute atomic E-state index is 11.7. The van der Waals surface area contributed by atoms with Gasteiger partial charge in [-0.05, 0) is 6.42 Å². The van der Waals surface area contributed by atoms with E-state index in [1.165, 1.54) is 64.2 Å². The minimum Gasteiger partial charge on any atom is -0.464 e. The molecule has 0 aromatic carbocycles. The van der Waals surface area contributed by atoms with Crippen LogP contribution in [0, 0.1) is 0 Å². The average Bonchev–Trinajstić information content (AvgIpc) is 2.93. The molecule has 0 radical (unpaired) electrons. The lowest BCUT2D eigenvalue weighted by Crippen LogP contribution is -2.37. The Bertz CT molecular complexity index is 331. The molecular formula is C19H35NO3. The maximum atomic E-state index is 11.7. The van der Waals surface area contributed by atoms with Gasteiger partial charge in [0.2, 0.25) is 5.91 Å². The number of carbonyl (C=O) groups excluding carboxylic acids is 2. The molecule has 1 aliphatic heterocycles. The molecule has 1 rings (SSSR count). The summed E-state index contributed by atoms with van der Waals surface area (Å²) in [7, 11) is 0. The van der Waals surface area contributed by atoms with Gasteiger partial charge in [0.25, 0.3) is 0 Å². The first-order valence-electron chi connectivity index (χ1n) is 9.70. The minimum atomic E-state index is -0.403. The van der Waals surface area contributed by atoms with Gasteiger partial charge in [0.05, 0.1) is 6.61 Å². The zero-order valence-electron chi connectivity index (χ0n) is 14.9. The van der Waals surface area contributed by atoms with Crippen molar-refractivity contribution in [2.24, 2.45) is 0 Å². The molecule has 0 aromatic rings. The Morgan fingerprint density at radius 3 is 1.96 bits per heavy atom. The number of unbranched alkanes of at least 4 members (excludes halogenated alkanes) is 11. The fraction of sp³-hybridized carbons (Fsp3) is 0.895. The van der Waals surface area contributed by atoms with Crippen molar-refractivity contribution < 1.29 is 14.3 Å². The van der Waals surface area contributed by atoms with Gasteiger partial charge in [0.15, 0.2) is 0 Å². The summed E-state index contributed by atoms with van der Waals surface area (Å²) in [5.74, 6) is -0.297. The number of esters is 1. The van der Waals surface area contributed by atoms with Crippen molar-refractivity contribution in [3.8, 4) is 0 Å². The maximum Gasteiger partial charge on any atom is 0.328 e. The monoisotopic (exact) mass is 325 g/mol. The van der Waals surface area contributed by atoms with Gasteiger partial charge in [0.1, 0.15) is 6.04 Å². The number of nitrogens with one attached hydrogen (secondary N) is 1. The Kier molecular flexibility index (Phi) is 11.6. The largest absolute Gasteiger partial charge is 0.464 e. The van der Waals surface area contributed by atoms with Gasteiger partial charge in [-0.2, -0.15) is 0 Å². The first kappa shape index (κ1) is 20.0. The molecule has 4 nitrogen and oxygen atoms in total. The van der Waals surface area contributed by atoms with E-state index in [9.17, 15) is 9.59 Å². The van der Waals surface area contributed by atoms with Crippen molar-refractivity contribution in [1.82, 2.24) is 5.32 Å². The molecule has 1 heterocycles. The Balaban J connectivity index is 1.80. The van der Waals surface area contributed by atoms with Crippen LogP contribution in [0.1, 0.15) is 96.8 Å². The van der Waals surface area contributed by atoms with E-state index in [0.29, 0.717) is 19.4 Å². The van der Waals surface area contributed by atoms with E-state index in [4.69, 9.17) is 4.74 Å². The van der Waals surface area contributed by atoms with Gasteiger partial charge in [-0.3, -0.25) is 4.79 Å². The van der Waals surface area contributed by atoms with Gasteiger partial charge in [-0.25, -0.2) is 4.79 Å². The van der Waals surface area contributed by atoms with E-state index < -0.39 is 6.04 Å². The normalized spacial score (nSPS) is 17.3. The summed E-state index contributed by atoms with van der Waals surface area (Å²) in [5.41, 5.74) is 0. The van der Waals surface area contributed by atoms with E-state index >= 15 is 0 Å². The van der Waals surface area contributed by atoms with Crippen molar-refractivity contribution in [3.63, 3.8) is 0 Å². The highest BCUT2D eigenvalue weighted by Gasteiger charge is 2.27. The quantitative estimate of drug-likeness (QED) is 0.377. The molecule has 134 valence electrons. The number of carbonyl (C=O) groups is 2. The van der Waals surface area contributed by atoms with E-state index in [2.05, 4.69) is 12.2 Å². The second-order valence-corrected chi connectivity index (χ2v) is 6.72. The lowest BCUT2D eigenvalue weighted by atomic mass is 10.0. The molecule has 0 bridgehead atoms. The third kappa shape index (κ3) is 10.4. The van der Waals surface area contributed by atoms with Crippen LogP contribution in [-0.2, 0) is 14.3 Å². The predicted octanol–water partition coefficient (Wildman–Crippen LogP) is 4.51. The highest BCUT2D eigenvalue weighted by Crippen LogP contribution is 2.12.